The van der Waals surface area contributed by atoms with E-state index in [0.717, 1.165) is 0 Å². The van der Waals surface area contributed by atoms with Gasteiger partial charge in [-0.05, 0) is 23.8 Å². The zero-order chi connectivity index (χ0) is 14.7. The maximum atomic E-state index is 11.9. The number of nitrogens with one attached hydrogen (secondary N) is 1. The number of urea groups is 1. The van der Waals surface area contributed by atoms with Gasteiger partial charge in [0.15, 0.2) is 0 Å². The normalized spacial score (nSPS) is 16.4. The zero-order valence-corrected chi connectivity index (χ0v) is 10.6. The fourth-order valence-corrected chi connectivity index (χ4v) is 1.75. The predicted octanol–water partition coefficient (Wildman–Crippen LogP) is 0.672. The van der Waals surface area contributed by atoms with Gasteiger partial charge in [0.05, 0.1) is 7.11 Å². The number of hydrogen-bond acceptors (Lipinski definition) is 4. The number of imide groups is 1. The molecule has 0 atom stereocenters. The lowest BCUT2D eigenvalue weighted by atomic mass is 10.2. The van der Waals surface area contributed by atoms with Crippen molar-refractivity contribution in [3.8, 4) is 5.75 Å². The highest BCUT2D eigenvalue weighted by Gasteiger charge is 2.34. The monoisotopic (exact) mass is 276 g/mol. The van der Waals surface area contributed by atoms with Crippen molar-refractivity contribution in [2.45, 2.75) is 0 Å². The van der Waals surface area contributed by atoms with Gasteiger partial charge in [-0.25, -0.2) is 9.69 Å². The fourth-order valence-electron chi connectivity index (χ4n) is 1.75. The number of carbonyl (C=O) groups is 3. The minimum atomic E-state index is -1.25. The first kappa shape index (κ1) is 13.6. The van der Waals surface area contributed by atoms with Crippen LogP contribution in [0.3, 0.4) is 0 Å². The van der Waals surface area contributed by atoms with Crippen LogP contribution in [0, 0.1) is 0 Å². The number of ether oxygens (including phenoxy) is 1. The molecule has 0 unspecified atom stereocenters. The number of hydrogen-bond donors (Lipinski definition) is 2. The van der Waals surface area contributed by atoms with Gasteiger partial charge in [-0.15, -0.1) is 0 Å². The molecule has 0 aromatic heterocycles. The standard InChI is InChI=1S/C13H12N2O5/c1-20-9-4-2-3-8(5-9)6-10-12(18)15(7-11(16)17)13(19)14-10/h2-6H,7H2,1H3,(H,14,19)(H,16,17)/b10-6+. The highest BCUT2D eigenvalue weighted by Crippen LogP contribution is 2.17. The summed E-state index contributed by atoms with van der Waals surface area (Å²) in [5.74, 6) is -1.31. The Morgan fingerprint density at radius 2 is 2.20 bits per heavy atom. The quantitative estimate of drug-likeness (QED) is 0.622. The second-order valence-electron chi connectivity index (χ2n) is 4.05. The molecule has 7 nitrogen and oxygen atoms in total. The Morgan fingerprint density at radius 3 is 2.85 bits per heavy atom. The molecular weight excluding hydrogens is 264 g/mol. The maximum Gasteiger partial charge on any atom is 0.329 e. The van der Waals surface area contributed by atoms with E-state index in [4.69, 9.17) is 9.84 Å². The molecule has 1 aliphatic heterocycles. The van der Waals surface area contributed by atoms with Crippen LogP contribution in [0.2, 0.25) is 0 Å². The second kappa shape index (κ2) is 5.43. The van der Waals surface area contributed by atoms with Crippen LogP contribution in [-0.4, -0.2) is 41.6 Å². The van der Waals surface area contributed by atoms with E-state index in [2.05, 4.69) is 5.32 Å². The third-order valence-corrected chi connectivity index (χ3v) is 2.66. The molecule has 3 amide bonds. The molecule has 1 aromatic rings. The number of aliphatic carboxylic acids is 1. The highest BCUT2D eigenvalue weighted by atomic mass is 16.5. The maximum absolute atomic E-state index is 11.9. The number of benzene rings is 1. The van der Waals surface area contributed by atoms with Gasteiger partial charge in [0.25, 0.3) is 5.91 Å². The Bertz CT molecular complexity index is 609. The third kappa shape index (κ3) is 2.77. The topological polar surface area (TPSA) is 95.9 Å². The molecule has 2 rings (SSSR count). The minimum absolute atomic E-state index is 0.0319. The van der Waals surface area contributed by atoms with Crippen molar-refractivity contribution in [2.24, 2.45) is 0 Å². The van der Waals surface area contributed by atoms with E-state index in [0.29, 0.717) is 16.2 Å². The average Bonchev–Trinajstić information content (AvgIpc) is 2.66. The van der Waals surface area contributed by atoms with Crippen LogP contribution in [-0.2, 0) is 9.59 Å². The molecule has 0 bridgehead atoms. The van der Waals surface area contributed by atoms with E-state index < -0.39 is 24.5 Å². The number of carboxylic acids is 1. The van der Waals surface area contributed by atoms with Gasteiger partial charge in [0.2, 0.25) is 0 Å². The zero-order valence-electron chi connectivity index (χ0n) is 10.6. The molecule has 104 valence electrons. The number of carbonyl (C=O) groups excluding carboxylic acids is 2. The summed E-state index contributed by atoms with van der Waals surface area (Å²) < 4.78 is 5.05. The largest absolute Gasteiger partial charge is 0.497 e. The summed E-state index contributed by atoms with van der Waals surface area (Å²) in [4.78, 5) is 34.6. The van der Waals surface area contributed by atoms with Crippen LogP contribution in [0.15, 0.2) is 30.0 Å². The Morgan fingerprint density at radius 1 is 1.45 bits per heavy atom. The molecule has 0 saturated carbocycles. The lowest BCUT2D eigenvalue weighted by Gasteiger charge is -2.06. The highest BCUT2D eigenvalue weighted by molar-refractivity contribution is 6.15. The van der Waals surface area contributed by atoms with E-state index in [1.165, 1.54) is 13.2 Å². The third-order valence-electron chi connectivity index (χ3n) is 2.66. The van der Waals surface area contributed by atoms with E-state index in [1.54, 1.807) is 24.3 Å². The van der Waals surface area contributed by atoms with E-state index >= 15 is 0 Å². The Balaban J connectivity index is 2.25. The summed E-state index contributed by atoms with van der Waals surface area (Å²) >= 11 is 0. The van der Waals surface area contributed by atoms with Crippen molar-refractivity contribution in [1.29, 1.82) is 0 Å². The summed E-state index contributed by atoms with van der Waals surface area (Å²) in [6, 6.07) is 6.16. The molecule has 1 fully saturated rings. The lowest BCUT2D eigenvalue weighted by Crippen LogP contribution is -2.35. The fraction of sp³-hybridized carbons (Fsp3) is 0.154. The molecule has 0 aliphatic carbocycles. The van der Waals surface area contributed by atoms with Crippen LogP contribution >= 0.6 is 0 Å². The molecule has 0 radical (unpaired) electrons. The van der Waals surface area contributed by atoms with E-state index in [9.17, 15) is 14.4 Å². The minimum Gasteiger partial charge on any atom is -0.497 e. The molecule has 0 spiro atoms. The van der Waals surface area contributed by atoms with Crippen molar-refractivity contribution >= 4 is 24.0 Å². The molecule has 7 heteroatoms. The summed E-state index contributed by atoms with van der Waals surface area (Å²) in [5.41, 5.74) is 0.690. The van der Waals surface area contributed by atoms with Crippen molar-refractivity contribution < 1.29 is 24.2 Å². The van der Waals surface area contributed by atoms with Gasteiger partial charge in [-0.1, -0.05) is 12.1 Å². The van der Waals surface area contributed by atoms with Crippen LogP contribution < -0.4 is 10.1 Å². The van der Waals surface area contributed by atoms with E-state index in [-0.39, 0.29) is 5.70 Å². The molecule has 1 heterocycles. The Kier molecular flexibility index (Phi) is 3.69. The number of amides is 3. The number of methoxy groups -OCH3 is 1. The van der Waals surface area contributed by atoms with Gasteiger partial charge in [0, 0.05) is 0 Å². The van der Waals surface area contributed by atoms with Crippen LogP contribution in [0.25, 0.3) is 6.08 Å². The van der Waals surface area contributed by atoms with Crippen LogP contribution in [0.1, 0.15) is 5.56 Å². The Hall–Kier alpha value is -2.83. The average molecular weight is 276 g/mol. The summed E-state index contributed by atoms with van der Waals surface area (Å²) in [5, 5.41) is 11.0. The van der Waals surface area contributed by atoms with Gasteiger partial charge in [-0.3, -0.25) is 9.59 Å². The second-order valence-corrected chi connectivity index (χ2v) is 4.05. The number of carboxylic acid groups (broad SMARTS) is 1. The molecular formula is C13H12N2O5. The molecule has 1 aromatic carbocycles. The van der Waals surface area contributed by atoms with Crippen molar-refractivity contribution in [3.05, 3.63) is 35.5 Å². The number of rotatable bonds is 4. The van der Waals surface area contributed by atoms with Gasteiger partial charge in [-0.2, -0.15) is 0 Å². The van der Waals surface area contributed by atoms with Gasteiger partial charge >= 0.3 is 12.0 Å². The predicted molar refractivity (Wildman–Crippen MR) is 68.9 cm³/mol. The summed E-state index contributed by atoms with van der Waals surface area (Å²) in [7, 11) is 1.52. The molecule has 20 heavy (non-hydrogen) atoms. The van der Waals surface area contributed by atoms with Gasteiger partial charge < -0.3 is 15.2 Å². The molecule has 1 saturated heterocycles. The summed E-state index contributed by atoms with van der Waals surface area (Å²) in [6.07, 6.45) is 1.46. The molecule has 2 N–H and O–H groups in total. The number of nitrogens with zero attached hydrogens (tertiary/aromatic N) is 1. The Labute approximate surface area is 114 Å². The van der Waals surface area contributed by atoms with Gasteiger partial charge in [0.1, 0.15) is 18.0 Å². The van der Waals surface area contributed by atoms with E-state index in [1.807, 2.05) is 0 Å². The summed E-state index contributed by atoms with van der Waals surface area (Å²) in [6.45, 7) is -0.667. The first-order valence-electron chi connectivity index (χ1n) is 5.71. The van der Waals surface area contributed by atoms with Crippen LogP contribution in [0.5, 0.6) is 5.75 Å². The van der Waals surface area contributed by atoms with Crippen molar-refractivity contribution in [2.75, 3.05) is 13.7 Å². The van der Waals surface area contributed by atoms with Crippen LogP contribution in [0.4, 0.5) is 4.79 Å². The molecule has 1 aliphatic rings. The smallest absolute Gasteiger partial charge is 0.329 e. The SMILES string of the molecule is COc1cccc(/C=C2/NC(=O)N(CC(=O)O)C2=O)c1. The lowest BCUT2D eigenvalue weighted by molar-refractivity contribution is -0.140. The van der Waals surface area contributed by atoms with Crippen molar-refractivity contribution in [3.63, 3.8) is 0 Å². The first-order valence-corrected chi connectivity index (χ1v) is 5.71. The van der Waals surface area contributed by atoms with Crippen molar-refractivity contribution in [1.82, 2.24) is 10.2 Å². The first-order chi connectivity index (χ1) is 9.51.